The summed E-state index contributed by atoms with van der Waals surface area (Å²) in [7, 11) is 7.37. The first kappa shape index (κ1) is 17.7. The third-order valence-electron chi connectivity index (χ3n) is 3.84. The number of rotatable bonds is 5. The highest BCUT2D eigenvalue weighted by Crippen LogP contribution is 2.28. The van der Waals surface area contributed by atoms with Crippen molar-refractivity contribution in [3.8, 4) is 23.3 Å². The molecule has 0 saturated carbocycles. The Morgan fingerprint density at radius 1 is 0.958 bits per heavy atom. The maximum absolute atomic E-state index is 5.35. The van der Waals surface area contributed by atoms with Crippen LogP contribution in [0.2, 0.25) is 0 Å². The lowest BCUT2D eigenvalue weighted by molar-refractivity contribution is 0.354. The molecule has 0 N–H and O–H groups in total. The number of hydrogen-bond donors (Lipinski definition) is 0. The van der Waals surface area contributed by atoms with Crippen LogP contribution in [-0.4, -0.2) is 28.3 Å². The van der Waals surface area contributed by atoms with Gasteiger partial charge in [-0.2, -0.15) is 0 Å². The number of hydrogen-bond acceptors (Lipinski definition) is 3. The molecule has 0 radical (unpaired) electrons. The van der Waals surface area contributed by atoms with Crippen LogP contribution in [0.25, 0.3) is 0 Å². The molecule has 2 rings (SSSR count). The average molecular weight is 323 g/mol. The van der Waals surface area contributed by atoms with Crippen LogP contribution < -0.4 is 14.4 Å². The fraction of sp³-hybridized carbons (Fsp3) is 0.333. The first-order valence-corrected chi connectivity index (χ1v) is 8.03. The van der Waals surface area contributed by atoms with E-state index < -0.39 is 0 Å². The summed E-state index contributed by atoms with van der Waals surface area (Å²) < 4.78 is 10.6. The fourth-order valence-electron chi connectivity index (χ4n) is 2.46. The van der Waals surface area contributed by atoms with Crippen molar-refractivity contribution in [2.45, 2.75) is 13.3 Å². The van der Waals surface area contributed by atoms with Crippen LogP contribution in [0.1, 0.15) is 18.1 Å². The number of methoxy groups -OCH3 is 2. The van der Waals surface area contributed by atoms with E-state index in [0.29, 0.717) is 0 Å². The minimum atomic E-state index is 0.261. The van der Waals surface area contributed by atoms with Gasteiger partial charge in [0.25, 0.3) is 0 Å². The van der Waals surface area contributed by atoms with Gasteiger partial charge < -0.3 is 14.4 Å². The quantitative estimate of drug-likeness (QED) is 0.776. The molecule has 0 unspecified atom stereocenters. The molecule has 0 heterocycles. The van der Waals surface area contributed by atoms with E-state index in [4.69, 9.17) is 9.47 Å². The van der Waals surface area contributed by atoms with Crippen LogP contribution in [0.3, 0.4) is 0 Å². The molecule has 0 amide bonds. The van der Waals surface area contributed by atoms with Gasteiger partial charge in [-0.05, 0) is 48.4 Å². The summed E-state index contributed by atoms with van der Waals surface area (Å²) in [5.74, 6) is 8.35. The lowest BCUT2D eigenvalue weighted by atomic mass is 10.0. The second-order valence-corrected chi connectivity index (χ2v) is 6.01. The second-order valence-electron chi connectivity index (χ2n) is 6.01. The van der Waals surface area contributed by atoms with Crippen molar-refractivity contribution in [3.63, 3.8) is 0 Å². The molecule has 24 heavy (non-hydrogen) atoms. The summed E-state index contributed by atoms with van der Waals surface area (Å²) in [6, 6.07) is 14.3. The molecule has 126 valence electrons. The summed E-state index contributed by atoms with van der Waals surface area (Å²) in [5.41, 5.74) is 3.41. The molecule has 0 bridgehead atoms. The molecule has 0 aliphatic heterocycles. The van der Waals surface area contributed by atoms with Gasteiger partial charge >= 0.3 is 0 Å². The molecule has 2 aromatic rings. The number of ether oxygens (including phenoxy) is 2. The largest absolute Gasteiger partial charge is 0.493 e. The Bertz CT molecular complexity index is 724. The molecular formula is C21H25NO2. The topological polar surface area (TPSA) is 21.7 Å². The lowest BCUT2D eigenvalue weighted by Crippen LogP contribution is -2.07. The molecule has 0 aromatic heterocycles. The van der Waals surface area contributed by atoms with Gasteiger partial charge in [0.15, 0.2) is 11.5 Å². The van der Waals surface area contributed by atoms with Gasteiger partial charge in [-0.25, -0.2) is 0 Å². The van der Waals surface area contributed by atoms with Gasteiger partial charge in [-0.15, -0.1) is 0 Å². The predicted molar refractivity (Wildman–Crippen MR) is 100 cm³/mol. The molecule has 3 nitrogen and oxygen atoms in total. The SMILES string of the molecule is COc1ccc(C[C@H](C)C#Cc2ccc(N(C)C)cc2)cc1OC. The van der Waals surface area contributed by atoms with E-state index in [-0.39, 0.29) is 5.92 Å². The van der Waals surface area contributed by atoms with E-state index in [1.807, 2.05) is 26.2 Å². The molecule has 1 atom stereocenters. The van der Waals surface area contributed by atoms with E-state index >= 15 is 0 Å². The monoisotopic (exact) mass is 323 g/mol. The van der Waals surface area contributed by atoms with Crippen LogP contribution in [0.5, 0.6) is 11.5 Å². The Labute approximate surface area is 145 Å². The zero-order valence-corrected chi connectivity index (χ0v) is 15.1. The lowest BCUT2D eigenvalue weighted by Gasteiger charge is -2.11. The van der Waals surface area contributed by atoms with Crippen LogP contribution in [0.4, 0.5) is 5.69 Å². The summed E-state index contributed by atoms with van der Waals surface area (Å²) in [6.45, 7) is 2.14. The summed E-state index contributed by atoms with van der Waals surface area (Å²) in [5, 5.41) is 0. The minimum absolute atomic E-state index is 0.261. The normalized spacial score (nSPS) is 11.2. The van der Waals surface area contributed by atoms with Crippen molar-refractivity contribution in [1.29, 1.82) is 0 Å². The Kier molecular flexibility index (Phi) is 6.14. The van der Waals surface area contributed by atoms with Gasteiger partial charge in [-0.3, -0.25) is 0 Å². The van der Waals surface area contributed by atoms with Gasteiger partial charge in [0.1, 0.15) is 0 Å². The third-order valence-corrected chi connectivity index (χ3v) is 3.84. The Balaban J connectivity index is 2.04. The zero-order chi connectivity index (χ0) is 17.5. The standard InChI is InChI=1S/C21H25NO2/c1-16(6-7-17-8-11-19(12-9-17)22(2)3)14-18-10-13-20(23-4)21(15-18)24-5/h8-13,15-16H,14H2,1-5H3/t16-/m1/s1. The van der Waals surface area contributed by atoms with Crippen LogP contribution in [-0.2, 0) is 6.42 Å². The Hall–Kier alpha value is -2.60. The first-order valence-electron chi connectivity index (χ1n) is 8.03. The van der Waals surface area contributed by atoms with Crippen molar-refractivity contribution in [3.05, 3.63) is 53.6 Å². The van der Waals surface area contributed by atoms with Gasteiger partial charge in [0.2, 0.25) is 0 Å². The summed E-state index contributed by atoms with van der Waals surface area (Å²) in [4.78, 5) is 2.08. The molecule has 0 aliphatic carbocycles. The van der Waals surface area contributed by atoms with Crippen molar-refractivity contribution >= 4 is 5.69 Å². The maximum Gasteiger partial charge on any atom is 0.160 e. The molecular weight excluding hydrogens is 298 g/mol. The number of nitrogens with zero attached hydrogens (tertiary/aromatic N) is 1. The molecule has 0 saturated heterocycles. The van der Waals surface area contributed by atoms with Gasteiger partial charge in [0, 0.05) is 31.3 Å². The maximum atomic E-state index is 5.35. The predicted octanol–water partition coefficient (Wildman–Crippen LogP) is 4.00. The fourth-order valence-corrected chi connectivity index (χ4v) is 2.46. The minimum Gasteiger partial charge on any atom is -0.493 e. The van der Waals surface area contributed by atoms with E-state index in [2.05, 4.69) is 54.0 Å². The molecule has 2 aromatic carbocycles. The number of anilines is 1. The Morgan fingerprint density at radius 2 is 1.62 bits per heavy atom. The summed E-state index contributed by atoms with van der Waals surface area (Å²) >= 11 is 0. The van der Waals surface area contributed by atoms with Crippen LogP contribution in [0, 0.1) is 17.8 Å². The van der Waals surface area contributed by atoms with Crippen LogP contribution in [0.15, 0.2) is 42.5 Å². The highest BCUT2D eigenvalue weighted by Gasteiger charge is 2.06. The second kappa shape index (κ2) is 8.31. The van der Waals surface area contributed by atoms with Gasteiger partial charge in [0.05, 0.1) is 14.2 Å². The Morgan fingerprint density at radius 3 is 2.21 bits per heavy atom. The zero-order valence-electron chi connectivity index (χ0n) is 15.1. The average Bonchev–Trinajstić information content (AvgIpc) is 2.60. The third kappa shape index (κ3) is 4.70. The first-order chi connectivity index (χ1) is 11.5. The highest BCUT2D eigenvalue weighted by atomic mass is 16.5. The highest BCUT2D eigenvalue weighted by molar-refractivity contribution is 5.49. The van der Waals surface area contributed by atoms with Crippen molar-refractivity contribution < 1.29 is 9.47 Å². The van der Waals surface area contributed by atoms with E-state index in [1.54, 1.807) is 14.2 Å². The van der Waals surface area contributed by atoms with Gasteiger partial charge in [-0.1, -0.05) is 24.8 Å². The van der Waals surface area contributed by atoms with E-state index in [1.165, 1.54) is 11.3 Å². The molecule has 0 spiro atoms. The molecule has 0 fully saturated rings. The van der Waals surface area contributed by atoms with Crippen molar-refractivity contribution in [2.75, 3.05) is 33.2 Å². The summed E-state index contributed by atoms with van der Waals surface area (Å²) in [6.07, 6.45) is 0.878. The van der Waals surface area contributed by atoms with Crippen molar-refractivity contribution in [2.24, 2.45) is 5.92 Å². The van der Waals surface area contributed by atoms with E-state index in [0.717, 1.165) is 23.5 Å². The molecule has 0 aliphatic rings. The molecule has 3 heteroatoms. The van der Waals surface area contributed by atoms with Crippen molar-refractivity contribution in [1.82, 2.24) is 0 Å². The number of benzene rings is 2. The van der Waals surface area contributed by atoms with Crippen LogP contribution >= 0.6 is 0 Å². The smallest absolute Gasteiger partial charge is 0.160 e. The van der Waals surface area contributed by atoms with E-state index in [9.17, 15) is 0 Å².